The van der Waals surface area contributed by atoms with E-state index >= 15 is 0 Å². The van der Waals surface area contributed by atoms with Crippen LogP contribution in [-0.2, 0) is 14.3 Å². The molecule has 0 aliphatic rings. The molecule has 0 spiro atoms. The third-order valence-corrected chi connectivity index (χ3v) is 2.89. The maximum atomic E-state index is 11.4. The van der Waals surface area contributed by atoms with Gasteiger partial charge < -0.3 is 14.9 Å². The van der Waals surface area contributed by atoms with E-state index in [1.165, 1.54) is 6.42 Å². The molecule has 0 amide bonds. The second-order valence-electron chi connectivity index (χ2n) is 4.74. The number of allylic oxidation sites excluding steroid dienone is 2. The zero-order valence-electron chi connectivity index (χ0n) is 12.2. The molecule has 0 aromatic heterocycles. The molecule has 1 atom stereocenters. The van der Waals surface area contributed by atoms with E-state index in [0.717, 1.165) is 19.3 Å². The summed E-state index contributed by atoms with van der Waals surface area (Å²) in [6, 6.07) is 0. The minimum absolute atomic E-state index is 0.0455. The fourth-order valence-electron chi connectivity index (χ4n) is 1.67. The van der Waals surface area contributed by atoms with E-state index in [-0.39, 0.29) is 19.6 Å². The molecule has 0 aromatic carbocycles. The van der Waals surface area contributed by atoms with Crippen molar-refractivity contribution in [2.24, 2.45) is 5.92 Å². The summed E-state index contributed by atoms with van der Waals surface area (Å²) in [5.74, 6) is -2.24. The van der Waals surface area contributed by atoms with Crippen LogP contribution in [0.25, 0.3) is 0 Å². The number of ether oxygens (including phenoxy) is 1. The van der Waals surface area contributed by atoms with Crippen LogP contribution in [0.2, 0.25) is 0 Å². The highest BCUT2D eigenvalue weighted by atomic mass is 16.5. The predicted molar refractivity (Wildman–Crippen MR) is 76.3 cm³/mol. The Balaban J connectivity index is 3.97. The highest BCUT2D eigenvalue weighted by molar-refractivity contribution is 5.78. The van der Waals surface area contributed by atoms with Gasteiger partial charge in [-0.25, -0.2) is 0 Å². The third-order valence-electron chi connectivity index (χ3n) is 2.89. The Kier molecular flexibility index (Phi) is 11.8. The molecule has 0 heterocycles. The summed E-state index contributed by atoms with van der Waals surface area (Å²) in [6.07, 6.45) is 8.78. The smallest absolute Gasteiger partial charge is 0.307 e. The van der Waals surface area contributed by atoms with Crippen molar-refractivity contribution in [3.63, 3.8) is 0 Å². The van der Waals surface area contributed by atoms with Crippen molar-refractivity contribution in [1.82, 2.24) is 0 Å². The minimum Gasteiger partial charge on any atom is -0.481 e. The Hall–Kier alpha value is -1.36. The van der Waals surface area contributed by atoms with E-state index in [4.69, 9.17) is 14.9 Å². The van der Waals surface area contributed by atoms with E-state index < -0.39 is 17.9 Å². The Morgan fingerprint density at radius 1 is 1.20 bits per heavy atom. The molecule has 20 heavy (non-hydrogen) atoms. The number of carboxylic acid groups (broad SMARTS) is 1. The highest BCUT2D eigenvalue weighted by Crippen LogP contribution is 2.12. The number of esters is 1. The Morgan fingerprint density at radius 3 is 2.55 bits per heavy atom. The van der Waals surface area contributed by atoms with Crippen LogP contribution in [0.4, 0.5) is 0 Å². The normalized spacial score (nSPS) is 12.5. The van der Waals surface area contributed by atoms with Crippen molar-refractivity contribution < 1.29 is 24.5 Å². The lowest BCUT2D eigenvalue weighted by Gasteiger charge is -2.09. The van der Waals surface area contributed by atoms with Crippen LogP contribution in [-0.4, -0.2) is 35.4 Å². The van der Waals surface area contributed by atoms with Gasteiger partial charge in [0.25, 0.3) is 0 Å². The zero-order chi connectivity index (χ0) is 15.2. The van der Waals surface area contributed by atoms with Crippen LogP contribution in [0, 0.1) is 5.92 Å². The van der Waals surface area contributed by atoms with Crippen LogP contribution in [0.5, 0.6) is 0 Å². The number of aliphatic hydroxyl groups excluding tert-OH is 1. The topological polar surface area (TPSA) is 83.8 Å². The van der Waals surface area contributed by atoms with E-state index in [9.17, 15) is 9.59 Å². The van der Waals surface area contributed by atoms with Gasteiger partial charge in [0, 0.05) is 13.0 Å². The standard InChI is InChI=1S/C15H26O5/c1-2-3-4-5-6-7-9-13(15(18)19)12-14(17)20-11-8-10-16/h6-7,13,16H,2-5,8-12H2,1H3,(H,18,19)/b7-6+. The SMILES string of the molecule is CCCCC/C=C/CC(CC(=O)OCCCO)C(=O)O. The maximum Gasteiger partial charge on any atom is 0.307 e. The number of hydrogen-bond donors (Lipinski definition) is 2. The van der Waals surface area contributed by atoms with Crippen molar-refractivity contribution in [3.8, 4) is 0 Å². The van der Waals surface area contributed by atoms with E-state index in [2.05, 4.69) is 6.92 Å². The molecule has 5 nitrogen and oxygen atoms in total. The van der Waals surface area contributed by atoms with Gasteiger partial charge in [-0.2, -0.15) is 0 Å². The first-order valence-electron chi connectivity index (χ1n) is 7.26. The number of carbonyl (C=O) groups excluding carboxylic acids is 1. The summed E-state index contributed by atoms with van der Waals surface area (Å²) in [6.45, 7) is 2.22. The number of aliphatic hydroxyl groups is 1. The first-order chi connectivity index (χ1) is 9.61. The lowest BCUT2D eigenvalue weighted by atomic mass is 10.0. The molecular weight excluding hydrogens is 260 g/mol. The van der Waals surface area contributed by atoms with E-state index in [1.54, 1.807) is 0 Å². The zero-order valence-corrected chi connectivity index (χ0v) is 12.2. The van der Waals surface area contributed by atoms with Crippen LogP contribution in [0.1, 0.15) is 51.9 Å². The number of hydrogen-bond acceptors (Lipinski definition) is 4. The van der Waals surface area contributed by atoms with Gasteiger partial charge in [0.1, 0.15) is 0 Å². The van der Waals surface area contributed by atoms with Crippen molar-refractivity contribution >= 4 is 11.9 Å². The van der Waals surface area contributed by atoms with Crippen LogP contribution < -0.4 is 0 Å². The van der Waals surface area contributed by atoms with E-state index in [0.29, 0.717) is 12.8 Å². The summed E-state index contributed by atoms with van der Waals surface area (Å²) in [5, 5.41) is 17.6. The molecule has 0 aliphatic heterocycles. The molecule has 0 saturated heterocycles. The monoisotopic (exact) mass is 286 g/mol. The number of aliphatic carboxylic acids is 1. The second kappa shape index (κ2) is 12.7. The first kappa shape index (κ1) is 18.6. The molecule has 0 aromatic rings. The summed E-state index contributed by atoms with van der Waals surface area (Å²) in [4.78, 5) is 22.5. The first-order valence-corrected chi connectivity index (χ1v) is 7.26. The summed E-state index contributed by atoms with van der Waals surface area (Å²) >= 11 is 0. The van der Waals surface area contributed by atoms with Gasteiger partial charge in [0.15, 0.2) is 0 Å². The minimum atomic E-state index is -0.984. The van der Waals surface area contributed by atoms with Gasteiger partial charge in [0.05, 0.1) is 18.9 Å². The summed E-state index contributed by atoms with van der Waals surface area (Å²) < 4.78 is 4.84. The lowest BCUT2D eigenvalue weighted by molar-refractivity contribution is -0.151. The van der Waals surface area contributed by atoms with Crippen molar-refractivity contribution in [1.29, 1.82) is 0 Å². The molecule has 5 heteroatoms. The average Bonchev–Trinajstić information content (AvgIpc) is 2.41. The van der Waals surface area contributed by atoms with Crippen LogP contribution >= 0.6 is 0 Å². The molecule has 0 fully saturated rings. The molecule has 0 bridgehead atoms. The summed E-state index contributed by atoms with van der Waals surface area (Å²) in [5.41, 5.74) is 0. The summed E-state index contributed by atoms with van der Waals surface area (Å²) in [7, 11) is 0. The number of unbranched alkanes of at least 4 members (excludes halogenated alkanes) is 3. The van der Waals surface area contributed by atoms with E-state index in [1.807, 2.05) is 12.2 Å². The number of rotatable bonds is 12. The van der Waals surface area contributed by atoms with Crippen LogP contribution in [0.15, 0.2) is 12.2 Å². The quantitative estimate of drug-likeness (QED) is 0.327. The predicted octanol–water partition coefficient (Wildman–Crippen LogP) is 2.53. The van der Waals surface area contributed by atoms with Crippen molar-refractivity contribution in [3.05, 3.63) is 12.2 Å². The fraction of sp³-hybridized carbons (Fsp3) is 0.733. The van der Waals surface area contributed by atoms with Gasteiger partial charge in [-0.3, -0.25) is 9.59 Å². The molecule has 0 radical (unpaired) electrons. The third kappa shape index (κ3) is 10.6. The Morgan fingerprint density at radius 2 is 1.95 bits per heavy atom. The van der Waals surface area contributed by atoms with Gasteiger partial charge in [0.2, 0.25) is 0 Å². The molecule has 0 saturated carbocycles. The molecule has 116 valence electrons. The van der Waals surface area contributed by atoms with Crippen molar-refractivity contribution in [2.45, 2.75) is 51.9 Å². The highest BCUT2D eigenvalue weighted by Gasteiger charge is 2.20. The maximum absolute atomic E-state index is 11.4. The van der Waals surface area contributed by atoms with Gasteiger partial charge >= 0.3 is 11.9 Å². The fourth-order valence-corrected chi connectivity index (χ4v) is 1.67. The molecule has 0 aliphatic carbocycles. The molecular formula is C15H26O5. The lowest BCUT2D eigenvalue weighted by Crippen LogP contribution is -2.19. The number of carboxylic acids is 1. The van der Waals surface area contributed by atoms with Crippen molar-refractivity contribution in [2.75, 3.05) is 13.2 Å². The van der Waals surface area contributed by atoms with Gasteiger partial charge in [-0.05, 0) is 19.3 Å². The molecule has 0 rings (SSSR count). The van der Waals surface area contributed by atoms with Gasteiger partial charge in [-0.15, -0.1) is 0 Å². The molecule has 1 unspecified atom stereocenters. The van der Waals surface area contributed by atoms with Crippen LogP contribution in [0.3, 0.4) is 0 Å². The Labute approximate surface area is 120 Å². The average molecular weight is 286 g/mol. The number of carbonyl (C=O) groups is 2. The molecule has 2 N–H and O–H groups in total. The van der Waals surface area contributed by atoms with Gasteiger partial charge in [-0.1, -0.05) is 31.9 Å². The largest absolute Gasteiger partial charge is 0.481 e. The second-order valence-corrected chi connectivity index (χ2v) is 4.74. The Bertz CT molecular complexity index is 299.